The van der Waals surface area contributed by atoms with Crippen LogP contribution in [0.4, 0.5) is 0 Å². The maximum Gasteiger partial charge on any atom is 0.259 e. The van der Waals surface area contributed by atoms with Crippen LogP contribution in [-0.2, 0) is 6.54 Å². The average Bonchev–Trinajstić information content (AvgIpc) is 3.65. The summed E-state index contributed by atoms with van der Waals surface area (Å²) in [7, 11) is 0. The van der Waals surface area contributed by atoms with Crippen molar-refractivity contribution in [3.63, 3.8) is 0 Å². The van der Waals surface area contributed by atoms with Gasteiger partial charge in [0.2, 0.25) is 0 Å². The number of benzene rings is 1. The summed E-state index contributed by atoms with van der Waals surface area (Å²) in [5, 5.41) is 7.22. The van der Waals surface area contributed by atoms with E-state index < -0.39 is 0 Å². The summed E-state index contributed by atoms with van der Waals surface area (Å²) in [5.41, 5.74) is 2.76. The van der Waals surface area contributed by atoms with Gasteiger partial charge < -0.3 is 10.2 Å². The first-order chi connectivity index (χ1) is 13.7. The molecule has 3 aromatic rings. The van der Waals surface area contributed by atoms with Crippen LogP contribution >= 0.6 is 0 Å². The van der Waals surface area contributed by atoms with E-state index in [1.165, 1.54) is 0 Å². The van der Waals surface area contributed by atoms with Gasteiger partial charge in [-0.05, 0) is 49.4 Å². The first-order valence-electron chi connectivity index (χ1n) is 9.68. The largest absolute Gasteiger partial charge is 0.349 e. The number of nitrogens with one attached hydrogen (secondary N) is 1. The molecule has 2 aliphatic carbocycles. The monoisotopic (exact) mass is 375 g/mol. The van der Waals surface area contributed by atoms with E-state index in [0.29, 0.717) is 29.4 Å². The van der Waals surface area contributed by atoms with Crippen molar-refractivity contribution in [2.24, 2.45) is 0 Å². The third-order valence-electron chi connectivity index (χ3n) is 5.24. The smallest absolute Gasteiger partial charge is 0.259 e. The predicted octanol–water partition coefficient (Wildman–Crippen LogP) is 2.43. The molecule has 0 bridgehead atoms. The van der Waals surface area contributed by atoms with Crippen molar-refractivity contribution < 1.29 is 9.59 Å². The minimum atomic E-state index is -0.0493. The Morgan fingerprint density at radius 1 is 1.14 bits per heavy atom. The molecule has 2 amide bonds. The summed E-state index contributed by atoms with van der Waals surface area (Å²) in [6, 6.07) is 9.91. The zero-order chi connectivity index (χ0) is 19.1. The molecule has 28 heavy (non-hydrogen) atoms. The second kappa shape index (κ2) is 6.74. The number of aromatic nitrogens is 3. The van der Waals surface area contributed by atoms with Gasteiger partial charge in [0.25, 0.3) is 11.8 Å². The van der Waals surface area contributed by atoms with E-state index in [0.717, 1.165) is 31.2 Å². The molecule has 5 rings (SSSR count). The van der Waals surface area contributed by atoms with Crippen LogP contribution in [0.15, 0.2) is 48.9 Å². The second-order valence-corrected chi connectivity index (χ2v) is 7.55. The molecule has 2 saturated carbocycles. The highest BCUT2D eigenvalue weighted by molar-refractivity contribution is 6.00. The van der Waals surface area contributed by atoms with Gasteiger partial charge in [-0.1, -0.05) is 12.1 Å². The number of hydrogen-bond acceptors (Lipinski definition) is 4. The van der Waals surface area contributed by atoms with Crippen molar-refractivity contribution >= 4 is 17.5 Å². The van der Waals surface area contributed by atoms with Crippen molar-refractivity contribution in [3.8, 4) is 0 Å². The molecule has 2 fully saturated rings. The highest BCUT2D eigenvalue weighted by Gasteiger charge is 2.34. The highest BCUT2D eigenvalue weighted by atomic mass is 16.2. The molecule has 142 valence electrons. The predicted molar refractivity (Wildman–Crippen MR) is 103 cm³/mol. The molecule has 0 spiro atoms. The van der Waals surface area contributed by atoms with Crippen LogP contribution < -0.4 is 5.32 Å². The van der Waals surface area contributed by atoms with Crippen LogP contribution in [0.5, 0.6) is 0 Å². The lowest BCUT2D eigenvalue weighted by molar-refractivity contribution is 0.0731. The summed E-state index contributed by atoms with van der Waals surface area (Å²) in [5.74, 6) is -0.0756. The van der Waals surface area contributed by atoms with Crippen LogP contribution in [0.3, 0.4) is 0 Å². The van der Waals surface area contributed by atoms with Gasteiger partial charge in [0, 0.05) is 36.6 Å². The molecule has 0 saturated heterocycles. The number of fused-ring (bicyclic) bond motifs is 1. The number of rotatable bonds is 6. The standard InChI is InChI=1S/C21H21N5O2/c27-20(24-16-6-7-16)15-4-2-14(3-5-15)13-25(17-8-9-17)21(28)18-12-23-26-11-1-10-22-19(18)26/h1-5,10-12,16-17H,6-9,13H2,(H,24,27). The Labute approximate surface area is 162 Å². The fourth-order valence-corrected chi connectivity index (χ4v) is 3.34. The molecule has 1 aromatic carbocycles. The number of hydrogen-bond donors (Lipinski definition) is 1. The van der Waals surface area contributed by atoms with Gasteiger partial charge in [-0.15, -0.1) is 0 Å². The quantitative estimate of drug-likeness (QED) is 0.718. The Balaban J connectivity index is 1.34. The number of nitrogens with zero attached hydrogens (tertiary/aromatic N) is 4. The molecule has 7 nitrogen and oxygen atoms in total. The Morgan fingerprint density at radius 2 is 1.93 bits per heavy atom. The molecule has 1 N–H and O–H groups in total. The van der Waals surface area contributed by atoms with Crippen LogP contribution in [-0.4, -0.2) is 43.4 Å². The molecule has 2 aliphatic rings. The van der Waals surface area contributed by atoms with E-state index in [2.05, 4.69) is 15.4 Å². The van der Waals surface area contributed by atoms with Crippen LogP contribution in [0, 0.1) is 0 Å². The first-order valence-corrected chi connectivity index (χ1v) is 9.68. The number of carbonyl (C=O) groups is 2. The minimum absolute atomic E-state index is 0.0263. The lowest BCUT2D eigenvalue weighted by atomic mass is 10.1. The van der Waals surface area contributed by atoms with E-state index in [1.54, 1.807) is 29.2 Å². The van der Waals surface area contributed by atoms with Crippen LogP contribution in [0.1, 0.15) is 52.0 Å². The van der Waals surface area contributed by atoms with Crippen LogP contribution in [0.2, 0.25) is 0 Å². The fraction of sp³-hybridized carbons (Fsp3) is 0.333. The third-order valence-corrected chi connectivity index (χ3v) is 5.24. The van der Waals surface area contributed by atoms with Crippen molar-refractivity contribution in [2.45, 2.75) is 44.3 Å². The van der Waals surface area contributed by atoms with Crippen molar-refractivity contribution in [2.75, 3.05) is 0 Å². The summed E-state index contributed by atoms with van der Waals surface area (Å²) >= 11 is 0. The molecule has 0 atom stereocenters. The van der Waals surface area contributed by atoms with Crippen molar-refractivity contribution in [1.82, 2.24) is 24.8 Å². The SMILES string of the molecule is O=C(NC1CC1)c1ccc(CN(C(=O)c2cnn3cccnc23)C2CC2)cc1. The van der Waals surface area contributed by atoms with Gasteiger partial charge in [-0.25, -0.2) is 9.50 Å². The molecule has 0 radical (unpaired) electrons. The topological polar surface area (TPSA) is 79.6 Å². The van der Waals surface area contributed by atoms with Gasteiger partial charge in [-0.2, -0.15) is 5.10 Å². The maximum absolute atomic E-state index is 13.2. The normalized spacial score (nSPS) is 16.1. The molecule has 0 aliphatic heterocycles. The Bertz CT molecular complexity index is 1030. The lowest BCUT2D eigenvalue weighted by Gasteiger charge is -2.22. The van der Waals surface area contributed by atoms with E-state index in [9.17, 15) is 9.59 Å². The third kappa shape index (κ3) is 3.35. The van der Waals surface area contributed by atoms with Gasteiger partial charge >= 0.3 is 0 Å². The fourth-order valence-electron chi connectivity index (χ4n) is 3.34. The summed E-state index contributed by atoms with van der Waals surface area (Å²) in [6.07, 6.45) is 9.21. The second-order valence-electron chi connectivity index (χ2n) is 7.55. The zero-order valence-electron chi connectivity index (χ0n) is 15.4. The average molecular weight is 375 g/mol. The Morgan fingerprint density at radius 3 is 2.64 bits per heavy atom. The Kier molecular flexibility index (Phi) is 4.07. The van der Waals surface area contributed by atoms with Crippen molar-refractivity contribution in [3.05, 3.63) is 65.6 Å². The van der Waals surface area contributed by atoms with Gasteiger partial charge in [-0.3, -0.25) is 9.59 Å². The Hall–Kier alpha value is -3.22. The van der Waals surface area contributed by atoms with Crippen molar-refractivity contribution in [1.29, 1.82) is 0 Å². The summed E-state index contributed by atoms with van der Waals surface area (Å²) < 4.78 is 1.62. The molecular weight excluding hydrogens is 354 g/mol. The van der Waals surface area contributed by atoms with E-state index in [4.69, 9.17) is 0 Å². The molecular formula is C21H21N5O2. The molecule has 2 heterocycles. The van der Waals surface area contributed by atoms with Gasteiger partial charge in [0.05, 0.1) is 6.20 Å². The van der Waals surface area contributed by atoms with E-state index >= 15 is 0 Å². The first kappa shape index (κ1) is 16.9. The van der Waals surface area contributed by atoms with Gasteiger partial charge in [0.1, 0.15) is 5.56 Å². The number of carbonyl (C=O) groups excluding carboxylic acids is 2. The van der Waals surface area contributed by atoms with Gasteiger partial charge in [0.15, 0.2) is 5.65 Å². The summed E-state index contributed by atoms with van der Waals surface area (Å²) in [6.45, 7) is 0.512. The maximum atomic E-state index is 13.2. The lowest BCUT2D eigenvalue weighted by Crippen LogP contribution is -2.32. The summed E-state index contributed by atoms with van der Waals surface area (Å²) in [4.78, 5) is 31.5. The molecule has 0 unspecified atom stereocenters. The van der Waals surface area contributed by atoms with E-state index in [-0.39, 0.29) is 17.9 Å². The van der Waals surface area contributed by atoms with Crippen LogP contribution in [0.25, 0.3) is 5.65 Å². The molecule has 7 heteroatoms. The van der Waals surface area contributed by atoms with E-state index in [1.807, 2.05) is 29.2 Å². The minimum Gasteiger partial charge on any atom is -0.349 e. The number of amides is 2. The zero-order valence-corrected chi connectivity index (χ0v) is 15.4. The highest BCUT2D eigenvalue weighted by Crippen LogP contribution is 2.30. The molecule has 2 aromatic heterocycles.